The summed E-state index contributed by atoms with van der Waals surface area (Å²) in [7, 11) is 0. The maximum absolute atomic E-state index is 11.5. The third-order valence-electron chi connectivity index (χ3n) is 1.94. The molecule has 5 heteroatoms. The number of rotatable bonds is 2. The molecule has 3 N–H and O–H groups in total. The van der Waals surface area contributed by atoms with E-state index in [1.54, 1.807) is 6.92 Å². The van der Waals surface area contributed by atoms with Gasteiger partial charge >= 0.3 is 0 Å². The van der Waals surface area contributed by atoms with Crippen LogP contribution in [-0.4, -0.2) is 37.0 Å². The molecule has 1 aliphatic heterocycles. The van der Waals surface area contributed by atoms with Crippen LogP contribution < -0.4 is 16.0 Å². The molecule has 1 saturated heterocycles. The number of terminal acetylenes is 1. The number of piperazine rings is 1. The topological polar surface area (TPSA) is 70.2 Å². The Labute approximate surface area is 82.6 Å². The van der Waals surface area contributed by atoms with Crippen LogP contribution in [0.5, 0.6) is 0 Å². The molecule has 2 unspecified atom stereocenters. The summed E-state index contributed by atoms with van der Waals surface area (Å²) < 4.78 is 0. The second-order valence-electron chi connectivity index (χ2n) is 3.13. The maximum Gasteiger partial charge on any atom is 0.239 e. The summed E-state index contributed by atoms with van der Waals surface area (Å²) >= 11 is 0. The molecule has 5 nitrogen and oxygen atoms in total. The molecular formula is C9H13N3O2. The Kier molecular flexibility index (Phi) is 3.48. The Balaban J connectivity index is 2.39. The second kappa shape index (κ2) is 4.63. The van der Waals surface area contributed by atoms with Gasteiger partial charge < -0.3 is 10.6 Å². The van der Waals surface area contributed by atoms with E-state index in [9.17, 15) is 9.59 Å². The van der Waals surface area contributed by atoms with Crippen LogP contribution in [-0.2, 0) is 9.59 Å². The average molecular weight is 195 g/mol. The minimum Gasteiger partial charge on any atom is -0.353 e. The van der Waals surface area contributed by atoms with Crippen molar-refractivity contribution in [2.45, 2.75) is 19.0 Å². The minimum absolute atomic E-state index is 0.0981. The molecule has 2 atom stereocenters. The fourth-order valence-electron chi connectivity index (χ4n) is 1.11. The number of nitrogens with one attached hydrogen (secondary N) is 3. The molecule has 1 aliphatic rings. The summed E-state index contributed by atoms with van der Waals surface area (Å²) in [6, 6.07) is -0.676. The van der Waals surface area contributed by atoms with Crippen molar-refractivity contribution in [3.8, 4) is 12.3 Å². The van der Waals surface area contributed by atoms with Crippen LogP contribution in [0.25, 0.3) is 0 Å². The first-order chi connectivity index (χ1) is 6.63. The van der Waals surface area contributed by atoms with E-state index in [1.807, 2.05) is 0 Å². The lowest BCUT2D eigenvalue weighted by Gasteiger charge is -2.23. The molecule has 1 heterocycles. The first-order valence-electron chi connectivity index (χ1n) is 4.40. The smallest absolute Gasteiger partial charge is 0.239 e. The van der Waals surface area contributed by atoms with E-state index < -0.39 is 0 Å². The standard InChI is InChI=1S/C9H13N3O2/c1-3-6(2)12-9(14)7-4-11-8(13)5-10-7/h1,6-7,10H,4-5H2,2H3,(H,11,13)(H,12,14). The van der Waals surface area contributed by atoms with Gasteiger partial charge in [-0.3, -0.25) is 14.9 Å². The molecule has 0 aromatic carbocycles. The molecule has 0 aromatic rings. The Hall–Kier alpha value is -1.54. The molecule has 0 aromatic heterocycles. The van der Waals surface area contributed by atoms with Crippen molar-refractivity contribution in [2.75, 3.05) is 13.1 Å². The Morgan fingerprint density at radius 2 is 2.50 bits per heavy atom. The fourth-order valence-corrected chi connectivity index (χ4v) is 1.11. The second-order valence-corrected chi connectivity index (χ2v) is 3.13. The van der Waals surface area contributed by atoms with Gasteiger partial charge in [0, 0.05) is 6.54 Å². The molecule has 0 spiro atoms. The zero-order chi connectivity index (χ0) is 10.6. The van der Waals surface area contributed by atoms with Gasteiger partial charge in [0.2, 0.25) is 11.8 Å². The summed E-state index contributed by atoms with van der Waals surface area (Å²) in [5, 5.41) is 8.02. The van der Waals surface area contributed by atoms with Crippen LogP contribution in [0.3, 0.4) is 0 Å². The number of carbonyl (C=O) groups excluding carboxylic acids is 2. The van der Waals surface area contributed by atoms with Crippen molar-refractivity contribution < 1.29 is 9.59 Å². The van der Waals surface area contributed by atoms with Crippen molar-refractivity contribution in [3.05, 3.63) is 0 Å². The van der Waals surface area contributed by atoms with Gasteiger partial charge in [-0.2, -0.15) is 0 Å². The molecule has 1 fully saturated rings. The van der Waals surface area contributed by atoms with E-state index in [4.69, 9.17) is 6.42 Å². The highest BCUT2D eigenvalue weighted by molar-refractivity contribution is 5.87. The summed E-state index contributed by atoms with van der Waals surface area (Å²) in [5.74, 6) is 2.11. The fraction of sp³-hybridized carbons (Fsp3) is 0.556. The number of carbonyl (C=O) groups is 2. The molecule has 0 aliphatic carbocycles. The highest BCUT2D eigenvalue weighted by Gasteiger charge is 2.23. The van der Waals surface area contributed by atoms with Crippen LogP contribution in [0.2, 0.25) is 0 Å². The molecule has 0 bridgehead atoms. The quantitative estimate of drug-likeness (QED) is 0.456. The summed E-state index contributed by atoms with van der Waals surface area (Å²) in [6.07, 6.45) is 5.12. The lowest BCUT2D eigenvalue weighted by atomic mass is 10.2. The Morgan fingerprint density at radius 3 is 3.00 bits per heavy atom. The highest BCUT2D eigenvalue weighted by Crippen LogP contribution is 1.89. The average Bonchev–Trinajstić information content (AvgIpc) is 2.18. The summed E-state index contributed by atoms with van der Waals surface area (Å²) in [6.45, 7) is 2.20. The van der Waals surface area contributed by atoms with E-state index in [0.29, 0.717) is 6.54 Å². The van der Waals surface area contributed by atoms with Crippen LogP contribution in [0, 0.1) is 12.3 Å². The third kappa shape index (κ3) is 2.75. The Bertz CT molecular complexity index is 272. The van der Waals surface area contributed by atoms with Gasteiger partial charge in [-0.25, -0.2) is 0 Å². The maximum atomic E-state index is 11.5. The van der Waals surface area contributed by atoms with Crippen LogP contribution in [0.15, 0.2) is 0 Å². The van der Waals surface area contributed by atoms with E-state index in [-0.39, 0.29) is 30.4 Å². The van der Waals surface area contributed by atoms with E-state index in [1.165, 1.54) is 0 Å². The summed E-state index contributed by atoms with van der Waals surface area (Å²) in [4.78, 5) is 22.2. The van der Waals surface area contributed by atoms with Crippen molar-refractivity contribution in [2.24, 2.45) is 0 Å². The van der Waals surface area contributed by atoms with Gasteiger partial charge in [-0.15, -0.1) is 6.42 Å². The molecule has 1 rings (SSSR count). The first-order valence-corrected chi connectivity index (χ1v) is 4.40. The monoisotopic (exact) mass is 195 g/mol. The number of amides is 2. The van der Waals surface area contributed by atoms with Crippen molar-refractivity contribution >= 4 is 11.8 Å². The minimum atomic E-state index is -0.386. The van der Waals surface area contributed by atoms with Crippen molar-refractivity contribution in [1.82, 2.24) is 16.0 Å². The van der Waals surface area contributed by atoms with Crippen LogP contribution in [0.4, 0.5) is 0 Å². The molecular weight excluding hydrogens is 182 g/mol. The zero-order valence-electron chi connectivity index (χ0n) is 7.96. The lowest BCUT2D eigenvalue weighted by molar-refractivity contribution is -0.126. The van der Waals surface area contributed by atoms with Gasteiger partial charge in [0.15, 0.2) is 0 Å². The van der Waals surface area contributed by atoms with Gasteiger partial charge in [0.25, 0.3) is 0 Å². The SMILES string of the molecule is C#CC(C)NC(=O)C1CNC(=O)CN1. The van der Waals surface area contributed by atoms with E-state index in [2.05, 4.69) is 21.9 Å². The predicted molar refractivity (Wildman–Crippen MR) is 51.2 cm³/mol. The Morgan fingerprint density at radius 1 is 1.79 bits per heavy atom. The van der Waals surface area contributed by atoms with Gasteiger partial charge in [0.05, 0.1) is 12.6 Å². The molecule has 76 valence electrons. The van der Waals surface area contributed by atoms with Crippen LogP contribution >= 0.6 is 0 Å². The van der Waals surface area contributed by atoms with Crippen LogP contribution in [0.1, 0.15) is 6.92 Å². The number of hydrogen-bond acceptors (Lipinski definition) is 3. The zero-order valence-corrected chi connectivity index (χ0v) is 7.96. The molecule has 14 heavy (non-hydrogen) atoms. The highest BCUT2D eigenvalue weighted by atomic mass is 16.2. The van der Waals surface area contributed by atoms with Gasteiger partial charge in [-0.05, 0) is 6.92 Å². The normalized spacial score (nSPS) is 23.1. The molecule has 2 amide bonds. The van der Waals surface area contributed by atoms with E-state index in [0.717, 1.165) is 0 Å². The third-order valence-corrected chi connectivity index (χ3v) is 1.94. The number of hydrogen-bond donors (Lipinski definition) is 3. The predicted octanol–water partition coefficient (Wildman–Crippen LogP) is -1.79. The summed E-state index contributed by atoms with van der Waals surface area (Å²) in [5.41, 5.74) is 0. The van der Waals surface area contributed by atoms with Gasteiger partial charge in [-0.1, -0.05) is 5.92 Å². The lowest BCUT2D eigenvalue weighted by Crippen LogP contribution is -2.58. The van der Waals surface area contributed by atoms with Crippen molar-refractivity contribution in [3.63, 3.8) is 0 Å². The largest absolute Gasteiger partial charge is 0.353 e. The molecule has 0 saturated carbocycles. The van der Waals surface area contributed by atoms with E-state index >= 15 is 0 Å². The van der Waals surface area contributed by atoms with Gasteiger partial charge in [0.1, 0.15) is 6.04 Å². The first kappa shape index (κ1) is 10.5. The van der Waals surface area contributed by atoms with Crippen molar-refractivity contribution in [1.29, 1.82) is 0 Å². The molecule has 0 radical (unpaired) electrons.